The molecule has 0 bridgehead atoms. The quantitative estimate of drug-likeness (QED) is 0.652. The molecule has 2 fully saturated rings. The lowest BCUT2D eigenvalue weighted by Crippen LogP contribution is -2.48. The third-order valence-corrected chi connectivity index (χ3v) is 3.27. The fourth-order valence-corrected chi connectivity index (χ4v) is 2.29. The van der Waals surface area contributed by atoms with E-state index in [1.54, 1.807) is 0 Å². The zero-order valence-corrected chi connectivity index (χ0v) is 9.87. The molecule has 0 aromatic heterocycles. The van der Waals surface area contributed by atoms with Crippen LogP contribution in [-0.2, 0) is 9.53 Å². The van der Waals surface area contributed by atoms with Crippen molar-refractivity contribution in [1.82, 2.24) is 15.5 Å². The molecule has 92 valence electrons. The van der Waals surface area contributed by atoms with Crippen LogP contribution in [-0.4, -0.2) is 63.3 Å². The van der Waals surface area contributed by atoms with Crippen molar-refractivity contribution in [2.24, 2.45) is 5.92 Å². The number of amides is 1. The van der Waals surface area contributed by atoms with E-state index in [1.165, 1.54) is 6.42 Å². The molecule has 5 nitrogen and oxygen atoms in total. The summed E-state index contributed by atoms with van der Waals surface area (Å²) in [5, 5.41) is 6.14. The van der Waals surface area contributed by atoms with Gasteiger partial charge >= 0.3 is 0 Å². The molecule has 0 spiro atoms. The van der Waals surface area contributed by atoms with Crippen molar-refractivity contribution in [3.63, 3.8) is 0 Å². The van der Waals surface area contributed by atoms with Crippen LogP contribution < -0.4 is 10.6 Å². The molecule has 2 heterocycles. The molecule has 2 aliphatic rings. The van der Waals surface area contributed by atoms with Crippen LogP contribution in [0, 0.1) is 5.92 Å². The van der Waals surface area contributed by atoms with E-state index in [9.17, 15) is 4.79 Å². The predicted molar refractivity (Wildman–Crippen MR) is 61.2 cm³/mol. The highest BCUT2D eigenvalue weighted by Crippen LogP contribution is 2.12. The average molecular weight is 227 g/mol. The molecule has 0 aliphatic carbocycles. The van der Waals surface area contributed by atoms with Crippen LogP contribution in [0.4, 0.5) is 0 Å². The van der Waals surface area contributed by atoms with E-state index in [-0.39, 0.29) is 12.0 Å². The number of rotatable bonds is 3. The second kappa shape index (κ2) is 5.61. The Morgan fingerprint density at radius 3 is 3.12 bits per heavy atom. The molecule has 2 atom stereocenters. The predicted octanol–water partition coefficient (Wildman–Crippen LogP) is -0.957. The van der Waals surface area contributed by atoms with E-state index in [2.05, 4.69) is 22.6 Å². The molecule has 5 heteroatoms. The third kappa shape index (κ3) is 3.17. The Kier molecular flexibility index (Phi) is 4.15. The first-order valence-corrected chi connectivity index (χ1v) is 6.04. The van der Waals surface area contributed by atoms with E-state index < -0.39 is 0 Å². The summed E-state index contributed by atoms with van der Waals surface area (Å²) in [6.07, 6.45) is 0.883. The number of morpholine rings is 1. The van der Waals surface area contributed by atoms with Gasteiger partial charge in [0, 0.05) is 26.2 Å². The third-order valence-electron chi connectivity index (χ3n) is 3.27. The van der Waals surface area contributed by atoms with Crippen LogP contribution in [0.5, 0.6) is 0 Å². The highest BCUT2D eigenvalue weighted by Gasteiger charge is 2.24. The van der Waals surface area contributed by atoms with Crippen LogP contribution in [0.3, 0.4) is 0 Å². The van der Waals surface area contributed by atoms with Crippen LogP contribution >= 0.6 is 0 Å². The largest absolute Gasteiger partial charge is 0.366 e. The van der Waals surface area contributed by atoms with Gasteiger partial charge in [0.05, 0.1) is 6.61 Å². The lowest BCUT2D eigenvalue weighted by Gasteiger charge is -2.23. The van der Waals surface area contributed by atoms with Crippen molar-refractivity contribution in [2.75, 3.05) is 46.4 Å². The lowest BCUT2D eigenvalue weighted by atomic mass is 10.1. The van der Waals surface area contributed by atoms with Crippen molar-refractivity contribution in [1.29, 1.82) is 0 Å². The van der Waals surface area contributed by atoms with E-state index in [0.717, 1.165) is 26.2 Å². The van der Waals surface area contributed by atoms with Gasteiger partial charge in [0.15, 0.2) is 0 Å². The molecular weight excluding hydrogens is 206 g/mol. The highest BCUT2D eigenvalue weighted by atomic mass is 16.5. The van der Waals surface area contributed by atoms with Gasteiger partial charge < -0.3 is 20.3 Å². The first-order chi connectivity index (χ1) is 7.75. The van der Waals surface area contributed by atoms with E-state index in [1.807, 2.05) is 0 Å². The standard InChI is InChI=1S/C11H21N3O2/c1-14-4-2-9(8-14)6-13-11(15)10-7-12-3-5-16-10/h9-10,12H,2-8H2,1H3,(H,13,15). The average Bonchev–Trinajstić information content (AvgIpc) is 2.73. The second-order valence-electron chi connectivity index (χ2n) is 4.73. The van der Waals surface area contributed by atoms with Crippen LogP contribution in [0.25, 0.3) is 0 Å². The summed E-state index contributed by atoms with van der Waals surface area (Å²) in [5.41, 5.74) is 0. The topological polar surface area (TPSA) is 53.6 Å². The molecule has 0 saturated carbocycles. The van der Waals surface area contributed by atoms with E-state index in [0.29, 0.717) is 19.1 Å². The summed E-state index contributed by atoms with van der Waals surface area (Å²) < 4.78 is 5.39. The number of ether oxygens (including phenoxy) is 1. The van der Waals surface area contributed by atoms with Gasteiger partial charge in [-0.25, -0.2) is 0 Å². The van der Waals surface area contributed by atoms with Gasteiger partial charge in [-0.2, -0.15) is 0 Å². The Hall–Kier alpha value is -0.650. The number of hydrogen-bond acceptors (Lipinski definition) is 4. The maximum absolute atomic E-state index is 11.7. The molecule has 2 unspecified atom stereocenters. The Bertz CT molecular complexity index is 241. The van der Waals surface area contributed by atoms with E-state index >= 15 is 0 Å². The molecule has 0 aromatic rings. The van der Waals surface area contributed by atoms with Gasteiger partial charge in [-0.15, -0.1) is 0 Å². The lowest BCUT2D eigenvalue weighted by molar-refractivity contribution is -0.134. The normalized spacial score (nSPS) is 31.6. The molecule has 2 aliphatic heterocycles. The molecule has 2 rings (SSSR count). The Labute approximate surface area is 96.5 Å². The molecule has 0 aromatic carbocycles. The summed E-state index contributed by atoms with van der Waals surface area (Å²) in [6.45, 7) is 5.12. The van der Waals surface area contributed by atoms with Gasteiger partial charge in [-0.3, -0.25) is 4.79 Å². The Morgan fingerprint density at radius 1 is 1.62 bits per heavy atom. The zero-order chi connectivity index (χ0) is 11.4. The van der Waals surface area contributed by atoms with Crippen LogP contribution in [0.15, 0.2) is 0 Å². The number of carbonyl (C=O) groups is 1. The van der Waals surface area contributed by atoms with Crippen molar-refractivity contribution in [3.8, 4) is 0 Å². The summed E-state index contributed by atoms with van der Waals surface area (Å²) in [7, 11) is 2.12. The minimum Gasteiger partial charge on any atom is -0.366 e. The molecule has 16 heavy (non-hydrogen) atoms. The van der Waals surface area contributed by atoms with Crippen molar-refractivity contribution >= 4 is 5.91 Å². The van der Waals surface area contributed by atoms with Gasteiger partial charge in [0.1, 0.15) is 6.10 Å². The molecule has 1 amide bonds. The van der Waals surface area contributed by atoms with Crippen molar-refractivity contribution < 1.29 is 9.53 Å². The SMILES string of the molecule is CN1CCC(CNC(=O)C2CNCCO2)C1. The molecule has 0 radical (unpaired) electrons. The monoisotopic (exact) mass is 227 g/mol. The maximum atomic E-state index is 11.7. The fraction of sp³-hybridized carbons (Fsp3) is 0.909. The van der Waals surface area contributed by atoms with Gasteiger partial charge in [-0.05, 0) is 25.9 Å². The van der Waals surface area contributed by atoms with Gasteiger partial charge in [0.25, 0.3) is 0 Å². The van der Waals surface area contributed by atoms with Gasteiger partial charge in [-0.1, -0.05) is 0 Å². The number of nitrogens with zero attached hydrogens (tertiary/aromatic N) is 1. The van der Waals surface area contributed by atoms with Crippen molar-refractivity contribution in [3.05, 3.63) is 0 Å². The maximum Gasteiger partial charge on any atom is 0.250 e. The van der Waals surface area contributed by atoms with Crippen LogP contribution in [0.1, 0.15) is 6.42 Å². The number of hydrogen-bond donors (Lipinski definition) is 2. The second-order valence-corrected chi connectivity index (χ2v) is 4.73. The Balaban J connectivity index is 1.66. The molecule has 2 N–H and O–H groups in total. The first kappa shape index (κ1) is 11.8. The molecular formula is C11H21N3O2. The first-order valence-electron chi connectivity index (χ1n) is 6.04. The minimum atomic E-state index is -0.298. The summed E-state index contributed by atoms with van der Waals surface area (Å²) >= 11 is 0. The van der Waals surface area contributed by atoms with Crippen molar-refractivity contribution in [2.45, 2.75) is 12.5 Å². The number of nitrogens with one attached hydrogen (secondary N) is 2. The zero-order valence-electron chi connectivity index (χ0n) is 9.87. The van der Waals surface area contributed by atoms with Gasteiger partial charge in [0.2, 0.25) is 5.91 Å². The number of carbonyl (C=O) groups excluding carboxylic acids is 1. The highest BCUT2D eigenvalue weighted by molar-refractivity contribution is 5.81. The summed E-state index contributed by atoms with van der Waals surface area (Å²) in [4.78, 5) is 14.0. The number of likely N-dealkylation sites (tertiary alicyclic amines) is 1. The fourth-order valence-electron chi connectivity index (χ4n) is 2.29. The Morgan fingerprint density at radius 2 is 2.50 bits per heavy atom. The molecule has 2 saturated heterocycles. The summed E-state index contributed by atoms with van der Waals surface area (Å²) in [5.74, 6) is 0.632. The summed E-state index contributed by atoms with van der Waals surface area (Å²) in [6, 6.07) is 0. The van der Waals surface area contributed by atoms with Crippen LogP contribution in [0.2, 0.25) is 0 Å². The smallest absolute Gasteiger partial charge is 0.250 e. The van der Waals surface area contributed by atoms with E-state index in [4.69, 9.17) is 4.74 Å². The minimum absolute atomic E-state index is 0.0294.